The molecule has 0 fully saturated rings. The van der Waals surface area contributed by atoms with Crippen LogP contribution in [0.25, 0.3) is 0 Å². The average Bonchev–Trinajstić information content (AvgIpc) is 2.17. The SMILES string of the molecule is CSCCOc1cc(F)cc(CO)c1. The van der Waals surface area contributed by atoms with E-state index in [1.165, 1.54) is 12.1 Å². The Morgan fingerprint density at radius 3 is 2.86 bits per heavy atom. The van der Waals surface area contributed by atoms with Gasteiger partial charge in [0.2, 0.25) is 0 Å². The Balaban J connectivity index is 2.62. The topological polar surface area (TPSA) is 29.5 Å². The Kier molecular flexibility index (Phi) is 4.76. The minimum atomic E-state index is -0.379. The molecule has 0 heterocycles. The summed E-state index contributed by atoms with van der Waals surface area (Å²) in [5.74, 6) is 0.962. The number of hydrogen-bond acceptors (Lipinski definition) is 3. The molecule has 0 radical (unpaired) electrons. The molecule has 0 aliphatic rings. The first-order chi connectivity index (χ1) is 6.76. The molecule has 0 saturated heterocycles. The Bertz CT molecular complexity index is 291. The monoisotopic (exact) mass is 216 g/mol. The van der Waals surface area contributed by atoms with Crippen molar-refractivity contribution in [1.29, 1.82) is 0 Å². The third-order valence-electron chi connectivity index (χ3n) is 1.67. The van der Waals surface area contributed by atoms with Gasteiger partial charge in [0.15, 0.2) is 0 Å². The van der Waals surface area contributed by atoms with Crippen LogP contribution >= 0.6 is 11.8 Å². The number of aliphatic hydroxyl groups is 1. The predicted octanol–water partition coefficient (Wildman–Crippen LogP) is 2.06. The fourth-order valence-corrected chi connectivity index (χ4v) is 1.29. The van der Waals surface area contributed by atoms with Gasteiger partial charge in [0.05, 0.1) is 13.2 Å². The molecule has 1 N–H and O–H groups in total. The highest BCUT2D eigenvalue weighted by atomic mass is 32.2. The fraction of sp³-hybridized carbons (Fsp3) is 0.400. The summed E-state index contributed by atoms with van der Waals surface area (Å²) in [5.41, 5.74) is 0.532. The van der Waals surface area contributed by atoms with Crippen molar-refractivity contribution >= 4 is 11.8 Å². The quantitative estimate of drug-likeness (QED) is 0.764. The van der Waals surface area contributed by atoms with Gasteiger partial charge in [-0.25, -0.2) is 4.39 Å². The molecule has 0 spiro atoms. The molecule has 78 valence electrons. The molecule has 1 aromatic carbocycles. The molecule has 1 rings (SSSR count). The van der Waals surface area contributed by atoms with Crippen LogP contribution in [-0.2, 0) is 6.61 Å². The van der Waals surface area contributed by atoms with Crippen LogP contribution in [0.4, 0.5) is 4.39 Å². The average molecular weight is 216 g/mol. The van der Waals surface area contributed by atoms with E-state index >= 15 is 0 Å². The fourth-order valence-electron chi connectivity index (χ4n) is 1.04. The van der Waals surface area contributed by atoms with Crippen molar-refractivity contribution in [3.63, 3.8) is 0 Å². The van der Waals surface area contributed by atoms with Crippen LogP contribution in [0.1, 0.15) is 5.56 Å². The van der Waals surface area contributed by atoms with Crippen molar-refractivity contribution in [2.75, 3.05) is 18.6 Å². The zero-order valence-electron chi connectivity index (χ0n) is 8.00. The van der Waals surface area contributed by atoms with E-state index in [1.807, 2.05) is 6.26 Å². The predicted molar refractivity (Wildman–Crippen MR) is 56.2 cm³/mol. The van der Waals surface area contributed by atoms with Crippen molar-refractivity contribution in [2.45, 2.75) is 6.61 Å². The van der Waals surface area contributed by atoms with Crippen LogP contribution in [0.15, 0.2) is 18.2 Å². The highest BCUT2D eigenvalue weighted by Gasteiger charge is 2.00. The van der Waals surface area contributed by atoms with E-state index in [-0.39, 0.29) is 12.4 Å². The van der Waals surface area contributed by atoms with Gasteiger partial charge in [-0.1, -0.05) is 0 Å². The Hall–Kier alpha value is -0.740. The molecule has 0 unspecified atom stereocenters. The van der Waals surface area contributed by atoms with E-state index in [1.54, 1.807) is 17.8 Å². The number of hydrogen-bond donors (Lipinski definition) is 1. The summed E-state index contributed by atoms with van der Waals surface area (Å²) in [7, 11) is 0. The van der Waals surface area contributed by atoms with Crippen LogP contribution in [0.3, 0.4) is 0 Å². The van der Waals surface area contributed by atoms with Crippen LogP contribution < -0.4 is 4.74 Å². The molecule has 0 bridgehead atoms. The first-order valence-corrected chi connectivity index (χ1v) is 5.67. The highest BCUT2D eigenvalue weighted by Crippen LogP contribution is 2.16. The summed E-state index contributed by atoms with van der Waals surface area (Å²) < 4.78 is 18.2. The highest BCUT2D eigenvalue weighted by molar-refractivity contribution is 7.98. The first-order valence-electron chi connectivity index (χ1n) is 4.28. The molecule has 0 amide bonds. The van der Waals surface area contributed by atoms with Gasteiger partial charge in [0, 0.05) is 11.8 Å². The number of halogens is 1. The van der Waals surface area contributed by atoms with E-state index in [0.29, 0.717) is 17.9 Å². The standard InChI is InChI=1S/C10H13FO2S/c1-14-3-2-13-10-5-8(7-12)4-9(11)6-10/h4-6,12H,2-3,7H2,1H3. The molecule has 1 aromatic rings. The van der Waals surface area contributed by atoms with Crippen LogP contribution in [-0.4, -0.2) is 23.7 Å². The van der Waals surface area contributed by atoms with Crippen LogP contribution in [0, 0.1) is 5.82 Å². The minimum Gasteiger partial charge on any atom is -0.493 e. The van der Waals surface area contributed by atoms with E-state index < -0.39 is 0 Å². The number of rotatable bonds is 5. The van der Waals surface area contributed by atoms with Gasteiger partial charge in [-0.3, -0.25) is 0 Å². The van der Waals surface area contributed by atoms with Crippen LogP contribution in [0.5, 0.6) is 5.75 Å². The molecule has 4 heteroatoms. The number of benzene rings is 1. The van der Waals surface area contributed by atoms with Gasteiger partial charge in [0.25, 0.3) is 0 Å². The maximum Gasteiger partial charge on any atom is 0.127 e. The molecular weight excluding hydrogens is 203 g/mol. The zero-order valence-corrected chi connectivity index (χ0v) is 8.81. The summed E-state index contributed by atoms with van der Waals surface area (Å²) in [6.45, 7) is 0.381. The Labute approximate surface area is 87.1 Å². The normalized spacial score (nSPS) is 10.2. The number of thioether (sulfide) groups is 1. The Morgan fingerprint density at radius 1 is 1.43 bits per heavy atom. The molecule has 0 atom stereocenters. The second kappa shape index (κ2) is 5.88. The smallest absolute Gasteiger partial charge is 0.127 e. The van der Waals surface area contributed by atoms with Crippen molar-refractivity contribution in [3.8, 4) is 5.75 Å². The van der Waals surface area contributed by atoms with E-state index in [9.17, 15) is 4.39 Å². The maximum atomic E-state index is 12.9. The molecule has 0 aliphatic heterocycles. The lowest BCUT2D eigenvalue weighted by atomic mass is 10.2. The third kappa shape index (κ3) is 3.55. The zero-order chi connectivity index (χ0) is 10.4. The van der Waals surface area contributed by atoms with Gasteiger partial charge >= 0.3 is 0 Å². The number of ether oxygens (including phenoxy) is 1. The second-order valence-corrected chi connectivity index (χ2v) is 3.78. The van der Waals surface area contributed by atoms with Crippen molar-refractivity contribution < 1.29 is 14.2 Å². The van der Waals surface area contributed by atoms with E-state index in [2.05, 4.69) is 0 Å². The maximum absolute atomic E-state index is 12.9. The summed E-state index contributed by atoms with van der Waals surface area (Å²) in [6.07, 6.45) is 1.98. The molecule has 0 saturated carbocycles. The molecule has 14 heavy (non-hydrogen) atoms. The summed E-state index contributed by atoms with van der Waals surface area (Å²) in [5, 5.41) is 8.83. The molecule has 0 aliphatic carbocycles. The third-order valence-corrected chi connectivity index (χ3v) is 2.24. The summed E-state index contributed by atoms with van der Waals surface area (Å²) in [4.78, 5) is 0. The largest absolute Gasteiger partial charge is 0.493 e. The van der Waals surface area contributed by atoms with Gasteiger partial charge in [0.1, 0.15) is 11.6 Å². The number of aliphatic hydroxyl groups excluding tert-OH is 1. The lowest BCUT2D eigenvalue weighted by Gasteiger charge is -2.06. The van der Waals surface area contributed by atoms with E-state index in [4.69, 9.17) is 9.84 Å². The van der Waals surface area contributed by atoms with Crippen molar-refractivity contribution in [1.82, 2.24) is 0 Å². The van der Waals surface area contributed by atoms with E-state index in [0.717, 1.165) is 5.75 Å². The van der Waals surface area contributed by atoms with Gasteiger partial charge in [-0.2, -0.15) is 11.8 Å². The lowest BCUT2D eigenvalue weighted by molar-refractivity contribution is 0.279. The molecule has 2 nitrogen and oxygen atoms in total. The van der Waals surface area contributed by atoms with Gasteiger partial charge in [-0.15, -0.1) is 0 Å². The first kappa shape index (κ1) is 11.3. The lowest BCUT2D eigenvalue weighted by Crippen LogP contribution is -2.00. The summed E-state index contributed by atoms with van der Waals surface area (Å²) >= 11 is 1.67. The molecular formula is C10H13FO2S. The minimum absolute atomic E-state index is 0.170. The van der Waals surface area contributed by atoms with Gasteiger partial charge < -0.3 is 9.84 Å². The Morgan fingerprint density at radius 2 is 2.21 bits per heavy atom. The van der Waals surface area contributed by atoms with Crippen molar-refractivity contribution in [2.24, 2.45) is 0 Å². The van der Waals surface area contributed by atoms with Crippen molar-refractivity contribution in [3.05, 3.63) is 29.6 Å². The van der Waals surface area contributed by atoms with Gasteiger partial charge in [-0.05, 0) is 24.0 Å². The molecule has 0 aromatic heterocycles. The van der Waals surface area contributed by atoms with Crippen LogP contribution in [0.2, 0.25) is 0 Å². The second-order valence-electron chi connectivity index (χ2n) is 2.79. The summed E-state index contributed by atoms with van der Waals surface area (Å²) in [6, 6.07) is 4.25.